The Morgan fingerprint density at radius 3 is 2.70 bits per heavy atom. The average Bonchev–Trinajstić information content (AvgIpc) is 3.09. The Morgan fingerprint density at radius 2 is 2.00 bits per heavy atom. The van der Waals surface area contributed by atoms with E-state index in [2.05, 4.69) is 15.5 Å². The van der Waals surface area contributed by atoms with Crippen molar-refractivity contribution in [2.75, 3.05) is 19.7 Å². The fourth-order valence-electron chi connectivity index (χ4n) is 2.60. The molecule has 2 amide bonds. The third kappa shape index (κ3) is 4.05. The van der Waals surface area contributed by atoms with Crippen LogP contribution in [0.15, 0.2) is 30.3 Å². The summed E-state index contributed by atoms with van der Waals surface area (Å²) in [7, 11) is 0. The third-order valence-corrected chi connectivity index (χ3v) is 5.01. The maximum atomic E-state index is 12.2. The van der Waals surface area contributed by atoms with Crippen molar-refractivity contribution in [1.82, 2.24) is 20.4 Å². The summed E-state index contributed by atoms with van der Waals surface area (Å²) in [5, 5.41) is 22.0. The lowest BCUT2D eigenvalue weighted by molar-refractivity contribution is 0.137. The first kappa shape index (κ1) is 15.9. The number of aromatic nitrogens is 2. The number of urea groups is 1. The molecular formula is C16H20N4O2S. The van der Waals surface area contributed by atoms with Crippen LogP contribution in [0.5, 0.6) is 0 Å². The normalized spacial score (nSPS) is 15.6. The van der Waals surface area contributed by atoms with E-state index in [1.54, 1.807) is 4.90 Å². The maximum Gasteiger partial charge on any atom is 0.317 e. The molecule has 23 heavy (non-hydrogen) atoms. The van der Waals surface area contributed by atoms with Gasteiger partial charge < -0.3 is 15.3 Å². The van der Waals surface area contributed by atoms with Gasteiger partial charge in [-0.15, -0.1) is 10.2 Å². The Bertz CT molecular complexity index is 639. The van der Waals surface area contributed by atoms with Crippen molar-refractivity contribution < 1.29 is 9.90 Å². The van der Waals surface area contributed by atoms with Crippen molar-refractivity contribution in [1.29, 1.82) is 0 Å². The van der Waals surface area contributed by atoms with Crippen LogP contribution in [0.25, 0.3) is 10.6 Å². The Kier molecular flexibility index (Phi) is 5.19. The number of nitrogens with one attached hydrogen (secondary N) is 1. The number of hydrogen-bond donors (Lipinski definition) is 2. The van der Waals surface area contributed by atoms with Gasteiger partial charge in [0.15, 0.2) is 0 Å². The van der Waals surface area contributed by atoms with Crippen LogP contribution in [0.4, 0.5) is 4.79 Å². The zero-order valence-electron chi connectivity index (χ0n) is 12.8. The molecule has 0 bridgehead atoms. The molecule has 122 valence electrons. The fraction of sp³-hybridized carbons (Fsp3) is 0.438. The van der Waals surface area contributed by atoms with Gasteiger partial charge in [0, 0.05) is 25.3 Å². The van der Waals surface area contributed by atoms with Crippen molar-refractivity contribution >= 4 is 17.4 Å². The molecule has 1 fully saturated rings. The highest BCUT2D eigenvalue weighted by Crippen LogP contribution is 2.23. The summed E-state index contributed by atoms with van der Waals surface area (Å²) in [6.07, 6.45) is 1.72. The molecule has 0 saturated carbocycles. The van der Waals surface area contributed by atoms with Crippen molar-refractivity contribution in [2.45, 2.75) is 19.4 Å². The molecule has 1 saturated heterocycles. The Morgan fingerprint density at radius 1 is 1.26 bits per heavy atom. The number of amides is 2. The van der Waals surface area contributed by atoms with E-state index in [1.807, 2.05) is 30.3 Å². The summed E-state index contributed by atoms with van der Waals surface area (Å²) in [5.41, 5.74) is 1.04. The van der Waals surface area contributed by atoms with Crippen LogP contribution in [0.3, 0.4) is 0 Å². The van der Waals surface area contributed by atoms with Gasteiger partial charge in [-0.1, -0.05) is 41.7 Å². The number of hydrogen-bond acceptors (Lipinski definition) is 5. The van der Waals surface area contributed by atoms with Crippen LogP contribution in [-0.4, -0.2) is 45.9 Å². The van der Waals surface area contributed by atoms with Crippen LogP contribution < -0.4 is 5.32 Å². The molecule has 0 spiro atoms. The van der Waals surface area contributed by atoms with E-state index in [4.69, 9.17) is 5.11 Å². The van der Waals surface area contributed by atoms with Gasteiger partial charge in [0.05, 0.1) is 6.54 Å². The number of nitrogens with zero attached hydrogens (tertiary/aromatic N) is 3. The van der Waals surface area contributed by atoms with E-state index in [0.717, 1.165) is 28.4 Å². The lowest BCUT2D eigenvalue weighted by atomic mass is 9.98. The monoisotopic (exact) mass is 332 g/mol. The van der Waals surface area contributed by atoms with Gasteiger partial charge in [0.2, 0.25) is 0 Å². The quantitative estimate of drug-likeness (QED) is 0.899. The van der Waals surface area contributed by atoms with E-state index in [0.29, 0.717) is 25.6 Å². The van der Waals surface area contributed by atoms with E-state index in [9.17, 15) is 4.79 Å². The Labute approximate surface area is 139 Å². The summed E-state index contributed by atoms with van der Waals surface area (Å²) in [5.74, 6) is 0.329. The molecule has 1 aromatic heterocycles. The Hall–Kier alpha value is -1.99. The van der Waals surface area contributed by atoms with Gasteiger partial charge in [-0.05, 0) is 18.8 Å². The maximum absolute atomic E-state index is 12.2. The first-order chi connectivity index (χ1) is 11.3. The van der Waals surface area contributed by atoms with Gasteiger partial charge in [-0.2, -0.15) is 0 Å². The highest BCUT2D eigenvalue weighted by molar-refractivity contribution is 7.14. The standard InChI is InChI=1S/C16H20N4O2S/c21-11-12-6-8-20(9-7-12)16(22)17-10-14-18-19-15(23-14)13-4-2-1-3-5-13/h1-5,12,21H,6-11H2,(H,17,22). The van der Waals surface area contributed by atoms with Crippen molar-refractivity contribution in [2.24, 2.45) is 5.92 Å². The molecular weight excluding hydrogens is 312 g/mol. The van der Waals surface area contributed by atoms with Crippen LogP contribution in [-0.2, 0) is 6.54 Å². The SMILES string of the molecule is O=C(NCc1nnc(-c2ccccc2)s1)N1CCC(CO)CC1. The first-order valence-electron chi connectivity index (χ1n) is 7.77. The number of likely N-dealkylation sites (tertiary alicyclic amines) is 1. The van der Waals surface area contributed by atoms with Crippen molar-refractivity contribution in [3.05, 3.63) is 35.3 Å². The minimum atomic E-state index is -0.0714. The lowest BCUT2D eigenvalue weighted by Gasteiger charge is -2.31. The molecule has 0 radical (unpaired) electrons. The lowest BCUT2D eigenvalue weighted by Crippen LogP contribution is -2.44. The molecule has 0 atom stereocenters. The molecule has 1 aliphatic heterocycles. The zero-order valence-corrected chi connectivity index (χ0v) is 13.6. The van der Waals surface area contributed by atoms with Gasteiger partial charge >= 0.3 is 6.03 Å². The van der Waals surface area contributed by atoms with E-state index in [1.165, 1.54) is 11.3 Å². The summed E-state index contributed by atoms with van der Waals surface area (Å²) < 4.78 is 0. The van der Waals surface area contributed by atoms with Gasteiger partial charge in [0.25, 0.3) is 0 Å². The van der Waals surface area contributed by atoms with Crippen LogP contribution in [0.1, 0.15) is 17.8 Å². The fourth-order valence-corrected chi connectivity index (χ4v) is 3.39. The predicted molar refractivity (Wildman–Crippen MR) is 89.0 cm³/mol. The molecule has 6 nitrogen and oxygen atoms in total. The minimum absolute atomic E-state index is 0.0714. The highest BCUT2D eigenvalue weighted by atomic mass is 32.1. The van der Waals surface area contributed by atoms with Crippen molar-refractivity contribution in [3.8, 4) is 10.6 Å². The zero-order chi connectivity index (χ0) is 16.1. The van der Waals surface area contributed by atoms with Crippen LogP contribution >= 0.6 is 11.3 Å². The topological polar surface area (TPSA) is 78.4 Å². The second kappa shape index (κ2) is 7.52. The number of rotatable bonds is 4. The number of piperidine rings is 1. The summed E-state index contributed by atoms with van der Waals surface area (Å²) >= 11 is 1.49. The summed E-state index contributed by atoms with van der Waals surface area (Å²) in [6.45, 7) is 2.00. The predicted octanol–water partition coefficient (Wildman–Crippen LogP) is 2.12. The summed E-state index contributed by atoms with van der Waals surface area (Å²) in [6, 6.07) is 9.81. The van der Waals surface area contributed by atoms with Crippen molar-refractivity contribution in [3.63, 3.8) is 0 Å². The van der Waals surface area contributed by atoms with Gasteiger partial charge in [-0.25, -0.2) is 4.79 Å². The van der Waals surface area contributed by atoms with Crippen LogP contribution in [0.2, 0.25) is 0 Å². The Balaban J connectivity index is 1.51. The molecule has 2 heterocycles. The molecule has 2 aromatic rings. The molecule has 0 unspecified atom stereocenters. The van der Waals surface area contributed by atoms with E-state index in [-0.39, 0.29) is 12.6 Å². The molecule has 2 N–H and O–H groups in total. The third-order valence-electron chi connectivity index (χ3n) is 4.04. The first-order valence-corrected chi connectivity index (χ1v) is 8.59. The molecule has 7 heteroatoms. The number of aliphatic hydroxyl groups excluding tert-OH is 1. The van der Waals surface area contributed by atoms with Crippen LogP contribution in [0, 0.1) is 5.92 Å². The van der Waals surface area contributed by atoms with Gasteiger partial charge in [-0.3, -0.25) is 0 Å². The molecule has 1 aliphatic rings. The number of carbonyl (C=O) groups excluding carboxylic acids is 1. The second-order valence-corrected chi connectivity index (χ2v) is 6.70. The molecule has 3 rings (SSSR count). The number of aliphatic hydroxyl groups is 1. The van der Waals surface area contributed by atoms with Gasteiger partial charge in [0.1, 0.15) is 10.0 Å². The number of carbonyl (C=O) groups is 1. The average molecular weight is 332 g/mol. The number of benzene rings is 1. The smallest absolute Gasteiger partial charge is 0.317 e. The molecule has 1 aromatic carbocycles. The second-order valence-electron chi connectivity index (χ2n) is 5.64. The highest BCUT2D eigenvalue weighted by Gasteiger charge is 2.22. The largest absolute Gasteiger partial charge is 0.396 e. The minimum Gasteiger partial charge on any atom is -0.396 e. The molecule has 0 aliphatic carbocycles. The summed E-state index contributed by atoms with van der Waals surface area (Å²) in [4.78, 5) is 13.9. The van der Waals surface area contributed by atoms with E-state index >= 15 is 0 Å². The van der Waals surface area contributed by atoms with E-state index < -0.39 is 0 Å².